The van der Waals surface area contributed by atoms with Gasteiger partial charge in [-0.05, 0) is 39.0 Å². The molecular weight excluding hydrogens is 182 g/mol. The maximum atomic E-state index is 7.37. The van der Waals surface area contributed by atoms with Crippen molar-refractivity contribution in [1.82, 2.24) is 5.73 Å². The molecule has 0 fully saturated rings. The highest BCUT2D eigenvalue weighted by Gasteiger charge is 1.93. The van der Waals surface area contributed by atoms with E-state index in [-0.39, 0.29) is 6.04 Å². The van der Waals surface area contributed by atoms with E-state index in [2.05, 4.69) is 19.1 Å². The summed E-state index contributed by atoms with van der Waals surface area (Å²) in [5.74, 6) is 0. The van der Waals surface area contributed by atoms with Crippen LogP contribution < -0.4 is 5.73 Å². The first-order valence-electron chi connectivity index (χ1n) is 6.63. The molecule has 15 heavy (non-hydrogen) atoms. The number of hydrogen-bond donors (Lipinski definition) is 0. The molecule has 0 aliphatic carbocycles. The zero-order chi connectivity index (χ0) is 11.4. The lowest BCUT2D eigenvalue weighted by Gasteiger charge is -2.01. The van der Waals surface area contributed by atoms with Crippen molar-refractivity contribution in [2.24, 2.45) is 0 Å². The fourth-order valence-electron chi connectivity index (χ4n) is 1.64. The molecule has 0 saturated heterocycles. The highest BCUT2D eigenvalue weighted by atomic mass is 14.6. The first-order chi connectivity index (χ1) is 7.27. The van der Waals surface area contributed by atoms with Crippen LogP contribution in [0, 0.1) is 0 Å². The molecular formula is C14H28N. The van der Waals surface area contributed by atoms with Crippen molar-refractivity contribution in [2.45, 2.75) is 77.7 Å². The topological polar surface area (TPSA) is 23.8 Å². The molecule has 1 atom stereocenters. The molecule has 0 saturated carbocycles. The molecule has 1 N–H and O–H groups in total. The summed E-state index contributed by atoms with van der Waals surface area (Å²) in [6, 6.07) is 0.128. The van der Waals surface area contributed by atoms with Gasteiger partial charge in [-0.25, -0.2) is 0 Å². The number of unbranched alkanes of at least 4 members (excludes halogenated alkanes) is 6. The minimum Gasteiger partial charge on any atom is -0.255 e. The molecule has 1 heteroatoms. The molecule has 1 radical (unpaired) electrons. The van der Waals surface area contributed by atoms with Gasteiger partial charge in [0.2, 0.25) is 0 Å². The first-order valence-corrected chi connectivity index (χ1v) is 6.63. The summed E-state index contributed by atoms with van der Waals surface area (Å²) in [4.78, 5) is 0. The lowest BCUT2D eigenvalue weighted by molar-refractivity contribution is 0.589. The van der Waals surface area contributed by atoms with E-state index in [0.717, 1.165) is 6.42 Å². The lowest BCUT2D eigenvalue weighted by Crippen LogP contribution is -2.00. The van der Waals surface area contributed by atoms with E-state index >= 15 is 0 Å². The maximum Gasteiger partial charge on any atom is 0.0184 e. The fourth-order valence-corrected chi connectivity index (χ4v) is 1.64. The maximum absolute atomic E-state index is 7.37. The minimum atomic E-state index is 0.128. The van der Waals surface area contributed by atoms with Gasteiger partial charge < -0.3 is 0 Å². The van der Waals surface area contributed by atoms with Gasteiger partial charge in [-0.15, -0.1) is 0 Å². The van der Waals surface area contributed by atoms with E-state index < -0.39 is 0 Å². The standard InChI is InChI=1S/C14H28N/c1-3-4-5-6-7-8-9-10-11-12-13-14(2)15/h8-9,14-15H,3-7,10-13H2,1-2H3/b9-8+. The predicted molar refractivity (Wildman–Crippen MR) is 68.9 cm³/mol. The number of nitrogens with one attached hydrogen (secondary N) is 1. The molecule has 89 valence electrons. The van der Waals surface area contributed by atoms with Crippen molar-refractivity contribution in [1.29, 1.82) is 0 Å². The molecule has 0 aliphatic rings. The lowest BCUT2D eigenvalue weighted by atomic mass is 10.1. The van der Waals surface area contributed by atoms with Crippen LogP contribution in [0.5, 0.6) is 0 Å². The Bertz CT molecular complexity index is 138. The second kappa shape index (κ2) is 11.8. The van der Waals surface area contributed by atoms with Crippen LogP contribution in [-0.2, 0) is 0 Å². The van der Waals surface area contributed by atoms with Gasteiger partial charge in [0.15, 0.2) is 0 Å². The monoisotopic (exact) mass is 210 g/mol. The van der Waals surface area contributed by atoms with Crippen LogP contribution in [0.3, 0.4) is 0 Å². The van der Waals surface area contributed by atoms with Crippen LogP contribution in [0.4, 0.5) is 0 Å². The van der Waals surface area contributed by atoms with Crippen LogP contribution in [0.2, 0.25) is 0 Å². The Morgan fingerprint density at radius 2 is 1.53 bits per heavy atom. The normalized spacial score (nSPS) is 13.5. The van der Waals surface area contributed by atoms with Crippen molar-refractivity contribution in [3.63, 3.8) is 0 Å². The molecule has 0 rings (SSSR count). The largest absolute Gasteiger partial charge is 0.255 e. The molecule has 0 aromatic carbocycles. The molecule has 0 bridgehead atoms. The van der Waals surface area contributed by atoms with Crippen LogP contribution in [0.25, 0.3) is 0 Å². The second-order valence-corrected chi connectivity index (χ2v) is 4.51. The Kier molecular flexibility index (Phi) is 11.5. The van der Waals surface area contributed by atoms with Crippen molar-refractivity contribution in [3.8, 4) is 0 Å². The highest BCUT2D eigenvalue weighted by molar-refractivity contribution is 4.81. The molecule has 0 heterocycles. The Morgan fingerprint density at radius 1 is 0.933 bits per heavy atom. The number of rotatable bonds is 10. The quantitative estimate of drug-likeness (QED) is 0.367. The third-order valence-corrected chi connectivity index (χ3v) is 2.65. The summed E-state index contributed by atoms with van der Waals surface area (Å²) in [6.07, 6.45) is 16.1. The Labute approximate surface area is 96.1 Å². The van der Waals surface area contributed by atoms with Gasteiger partial charge >= 0.3 is 0 Å². The van der Waals surface area contributed by atoms with Gasteiger partial charge in [0, 0.05) is 6.04 Å². The van der Waals surface area contributed by atoms with E-state index in [9.17, 15) is 0 Å². The Morgan fingerprint density at radius 3 is 2.07 bits per heavy atom. The van der Waals surface area contributed by atoms with Crippen LogP contribution >= 0.6 is 0 Å². The summed E-state index contributed by atoms with van der Waals surface area (Å²) in [5, 5.41) is 0. The second-order valence-electron chi connectivity index (χ2n) is 4.51. The highest BCUT2D eigenvalue weighted by Crippen LogP contribution is 2.06. The van der Waals surface area contributed by atoms with Crippen LogP contribution in [0.1, 0.15) is 71.6 Å². The summed E-state index contributed by atoms with van der Waals surface area (Å²) in [7, 11) is 0. The van der Waals surface area contributed by atoms with E-state index in [1.807, 2.05) is 6.92 Å². The zero-order valence-corrected chi connectivity index (χ0v) is 10.6. The molecule has 0 spiro atoms. The SMILES string of the molecule is CCCCCC/C=C/CCCCC(C)[NH]. The number of allylic oxidation sites excluding steroid dienone is 2. The predicted octanol–water partition coefficient (Wildman–Crippen LogP) is 4.74. The molecule has 0 aromatic rings. The summed E-state index contributed by atoms with van der Waals surface area (Å²) >= 11 is 0. The average molecular weight is 210 g/mol. The van der Waals surface area contributed by atoms with Crippen molar-refractivity contribution < 1.29 is 0 Å². The van der Waals surface area contributed by atoms with Crippen LogP contribution in [-0.4, -0.2) is 6.04 Å². The third-order valence-electron chi connectivity index (χ3n) is 2.65. The summed E-state index contributed by atoms with van der Waals surface area (Å²) < 4.78 is 0. The van der Waals surface area contributed by atoms with Gasteiger partial charge in [-0.3, -0.25) is 5.73 Å². The molecule has 0 aliphatic heterocycles. The Balaban J connectivity index is 3.04. The van der Waals surface area contributed by atoms with Gasteiger partial charge in [-0.2, -0.15) is 0 Å². The van der Waals surface area contributed by atoms with Gasteiger partial charge in [0.05, 0.1) is 0 Å². The van der Waals surface area contributed by atoms with E-state index in [0.29, 0.717) is 0 Å². The van der Waals surface area contributed by atoms with Crippen molar-refractivity contribution >= 4 is 0 Å². The van der Waals surface area contributed by atoms with Crippen molar-refractivity contribution in [3.05, 3.63) is 12.2 Å². The molecule has 0 amide bonds. The van der Waals surface area contributed by atoms with E-state index in [1.54, 1.807) is 0 Å². The third kappa shape index (κ3) is 13.7. The fraction of sp³-hybridized carbons (Fsp3) is 0.857. The first kappa shape index (κ1) is 14.7. The average Bonchev–Trinajstić information content (AvgIpc) is 2.20. The smallest absolute Gasteiger partial charge is 0.0184 e. The molecule has 1 unspecified atom stereocenters. The minimum absolute atomic E-state index is 0.128. The van der Waals surface area contributed by atoms with Gasteiger partial charge in [0.1, 0.15) is 0 Å². The van der Waals surface area contributed by atoms with Crippen molar-refractivity contribution in [2.75, 3.05) is 0 Å². The number of hydrogen-bond acceptors (Lipinski definition) is 0. The summed E-state index contributed by atoms with van der Waals surface area (Å²) in [5.41, 5.74) is 7.37. The molecule has 1 nitrogen and oxygen atoms in total. The van der Waals surface area contributed by atoms with E-state index in [4.69, 9.17) is 5.73 Å². The molecule has 0 aromatic heterocycles. The summed E-state index contributed by atoms with van der Waals surface area (Å²) in [6.45, 7) is 4.23. The van der Waals surface area contributed by atoms with Crippen LogP contribution in [0.15, 0.2) is 12.2 Å². The van der Waals surface area contributed by atoms with Gasteiger partial charge in [0.25, 0.3) is 0 Å². The van der Waals surface area contributed by atoms with E-state index in [1.165, 1.54) is 51.4 Å². The van der Waals surface area contributed by atoms with Gasteiger partial charge in [-0.1, -0.05) is 44.8 Å². The Hall–Kier alpha value is -0.300. The zero-order valence-electron chi connectivity index (χ0n) is 10.6.